The van der Waals surface area contributed by atoms with Gasteiger partial charge in [0, 0.05) is 4.47 Å². The van der Waals surface area contributed by atoms with Crippen molar-refractivity contribution < 1.29 is 9.53 Å². The highest BCUT2D eigenvalue weighted by molar-refractivity contribution is 9.10. The Morgan fingerprint density at radius 3 is 2.54 bits per heavy atom. The van der Waals surface area contributed by atoms with Gasteiger partial charge in [-0.05, 0) is 47.0 Å². The number of rotatable bonds is 4. The van der Waals surface area contributed by atoms with E-state index in [0.717, 1.165) is 15.6 Å². The third kappa shape index (κ3) is 3.74. The number of halogens is 1. The lowest BCUT2D eigenvalue weighted by Crippen LogP contribution is -2.04. The Bertz CT molecular complexity index is 913. The van der Waals surface area contributed by atoms with E-state index in [4.69, 9.17) is 4.74 Å². The molecule has 0 saturated heterocycles. The van der Waals surface area contributed by atoms with E-state index in [-0.39, 0.29) is 5.97 Å². The first-order valence-corrected chi connectivity index (χ1v) is 8.60. The fourth-order valence-corrected chi connectivity index (χ4v) is 3.01. The second-order valence-electron chi connectivity index (χ2n) is 5.40. The number of benzene rings is 3. The summed E-state index contributed by atoms with van der Waals surface area (Å²) in [6.07, 6.45) is 4.10. The molecule has 3 aromatic carbocycles. The zero-order chi connectivity index (χ0) is 16.9. The van der Waals surface area contributed by atoms with Crippen LogP contribution in [0.4, 0.5) is 0 Å². The molecule has 3 rings (SSSR count). The van der Waals surface area contributed by atoms with Gasteiger partial charge in [0.25, 0.3) is 0 Å². The molecule has 0 aliphatic carbocycles. The summed E-state index contributed by atoms with van der Waals surface area (Å²) in [4.78, 5) is 11.8. The number of ether oxygens (including phenoxy) is 1. The van der Waals surface area contributed by atoms with Gasteiger partial charge >= 0.3 is 5.97 Å². The van der Waals surface area contributed by atoms with Crippen molar-refractivity contribution in [3.63, 3.8) is 0 Å². The molecule has 0 saturated carbocycles. The van der Waals surface area contributed by atoms with Crippen molar-refractivity contribution in [3.8, 4) is 0 Å². The fourth-order valence-electron chi connectivity index (χ4n) is 2.50. The lowest BCUT2D eigenvalue weighted by atomic mass is 10.1. The van der Waals surface area contributed by atoms with Crippen LogP contribution in [0.1, 0.15) is 28.4 Å². The SMILES string of the molecule is CCOC(=O)c1ccc(/C=C\c2ccc3ccccc3c2)c(Br)c1. The highest BCUT2D eigenvalue weighted by Gasteiger charge is 2.08. The van der Waals surface area contributed by atoms with Crippen molar-refractivity contribution in [3.05, 3.63) is 81.8 Å². The number of esters is 1. The maximum atomic E-state index is 11.8. The molecule has 0 aliphatic rings. The number of carbonyl (C=O) groups is 1. The van der Waals surface area contributed by atoms with E-state index in [1.165, 1.54) is 10.8 Å². The molecule has 3 heteroatoms. The van der Waals surface area contributed by atoms with E-state index in [0.29, 0.717) is 12.2 Å². The minimum absolute atomic E-state index is 0.303. The molecular formula is C21H17BrO2. The van der Waals surface area contributed by atoms with Gasteiger partial charge in [0.05, 0.1) is 12.2 Å². The topological polar surface area (TPSA) is 26.3 Å². The zero-order valence-corrected chi connectivity index (χ0v) is 14.9. The molecule has 2 nitrogen and oxygen atoms in total. The van der Waals surface area contributed by atoms with Crippen LogP contribution in [0.5, 0.6) is 0 Å². The molecule has 3 aromatic rings. The van der Waals surface area contributed by atoms with Crippen molar-refractivity contribution in [2.45, 2.75) is 6.92 Å². The Morgan fingerprint density at radius 2 is 1.79 bits per heavy atom. The molecule has 0 radical (unpaired) electrons. The maximum absolute atomic E-state index is 11.8. The van der Waals surface area contributed by atoms with E-state index in [9.17, 15) is 4.79 Å². The highest BCUT2D eigenvalue weighted by atomic mass is 79.9. The number of hydrogen-bond acceptors (Lipinski definition) is 2. The van der Waals surface area contributed by atoms with Crippen LogP contribution in [-0.2, 0) is 4.74 Å². The van der Waals surface area contributed by atoms with Crippen LogP contribution in [0.3, 0.4) is 0 Å². The van der Waals surface area contributed by atoms with Crippen LogP contribution in [0.25, 0.3) is 22.9 Å². The summed E-state index contributed by atoms with van der Waals surface area (Å²) in [6.45, 7) is 2.17. The number of fused-ring (bicyclic) bond motifs is 1. The van der Waals surface area contributed by atoms with E-state index in [1.807, 2.05) is 24.3 Å². The van der Waals surface area contributed by atoms with Crippen molar-refractivity contribution in [1.29, 1.82) is 0 Å². The van der Waals surface area contributed by atoms with Crippen LogP contribution in [-0.4, -0.2) is 12.6 Å². The normalized spacial score (nSPS) is 11.1. The van der Waals surface area contributed by atoms with E-state index < -0.39 is 0 Å². The fraction of sp³-hybridized carbons (Fsp3) is 0.0952. The molecule has 0 heterocycles. The zero-order valence-electron chi connectivity index (χ0n) is 13.3. The lowest BCUT2D eigenvalue weighted by Gasteiger charge is -2.04. The van der Waals surface area contributed by atoms with Crippen molar-refractivity contribution in [2.75, 3.05) is 6.61 Å². The maximum Gasteiger partial charge on any atom is 0.338 e. The Balaban J connectivity index is 1.84. The van der Waals surface area contributed by atoms with Crippen LogP contribution < -0.4 is 0 Å². The summed E-state index contributed by atoms with van der Waals surface area (Å²) in [5.74, 6) is -0.303. The third-order valence-corrected chi connectivity index (χ3v) is 4.43. The van der Waals surface area contributed by atoms with Gasteiger partial charge in [-0.15, -0.1) is 0 Å². The van der Waals surface area contributed by atoms with E-state index >= 15 is 0 Å². The summed E-state index contributed by atoms with van der Waals surface area (Å²) in [5, 5.41) is 2.45. The standard InChI is InChI=1S/C21H17BrO2/c1-2-24-21(23)19-12-11-17(20(22)14-19)10-8-15-7-9-16-5-3-4-6-18(16)13-15/h3-14H,2H2,1H3/b10-8-. The Kier molecular flexibility index (Phi) is 5.11. The van der Waals surface area contributed by atoms with Crippen molar-refractivity contribution in [1.82, 2.24) is 0 Å². The summed E-state index contributed by atoms with van der Waals surface area (Å²) in [6, 6.07) is 20.2. The van der Waals surface area contributed by atoms with Gasteiger partial charge in [0.15, 0.2) is 0 Å². The molecule has 0 N–H and O–H groups in total. The molecule has 0 amide bonds. The summed E-state index contributed by atoms with van der Waals surface area (Å²) >= 11 is 3.52. The quantitative estimate of drug-likeness (QED) is 0.412. The Morgan fingerprint density at radius 1 is 1.00 bits per heavy atom. The first-order valence-electron chi connectivity index (χ1n) is 7.81. The summed E-state index contributed by atoms with van der Waals surface area (Å²) < 4.78 is 5.88. The van der Waals surface area contributed by atoms with E-state index in [2.05, 4.69) is 52.3 Å². The van der Waals surface area contributed by atoms with Gasteiger partial charge in [-0.25, -0.2) is 4.79 Å². The third-order valence-electron chi connectivity index (χ3n) is 3.74. The molecule has 0 atom stereocenters. The first kappa shape index (κ1) is 16.5. The molecule has 0 aromatic heterocycles. The van der Waals surface area contributed by atoms with Gasteiger partial charge in [0.1, 0.15) is 0 Å². The largest absolute Gasteiger partial charge is 0.462 e. The number of carbonyl (C=O) groups excluding carboxylic acids is 1. The van der Waals surface area contributed by atoms with Crippen LogP contribution in [0.15, 0.2) is 65.1 Å². The van der Waals surface area contributed by atoms with E-state index in [1.54, 1.807) is 19.1 Å². The lowest BCUT2D eigenvalue weighted by molar-refractivity contribution is 0.0526. The minimum atomic E-state index is -0.303. The monoisotopic (exact) mass is 380 g/mol. The van der Waals surface area contributed by atoms with Crippen molar-refractivity contribution >= 4 is 44.8 Å². The average molecular weight is 381 g/mol. The molecule has 24 heavy (non-hydrogen) atoms. The second-order valence-corrected chi connectivity index (χ2v) is 6.25. The second kappa shape index (κ2) is 7.45. The predicted octanol–water partition coefficient (Wildman–Crippen LogP) is 5.95. The first-order chi connectivity index (χ1) is 11.7. The van der Waals surface area contributed by atoms with Crippen LogP contribution in [0.2, 0.25) is 0 Å². The van der Waals surface area contributed by atoms with Gasteiger partial charge in [-0.3, -0.25) is 0 Å². The Hall–Kier alpha value is -2.39. The summed E-state index contributed by atoms with van der Waals surface area (Å²) in [7, 11) is 0. The Labute approximate surface area is 149 Å². The van der Waals surface area contributed by atoms with Crippen LogP contribution >= 0.6 is 15.9 Å². The predicted molar refractivity (Wildman–Crippen MR) is 103 cm³/mol. The minimum Gasteiger partial charge on any atom is -0.462 e. The highest BCUT2D eigenvalue weighted by Crippen LogP contribution is 2.23. The summed E-state index contributed by atoms with van der Waals surface area (Å²) in [5.41, 5.74) is 2.69. The molecule has 120 valence electrons. The van der Waals surface area contributed by atoms with Gasteiger partial charge in [0.2, 0.25) is 0 Å². The molecular weight excluding hydrogens is 364 g/mol. The van der Waals surface area contributed by atoms with Crippen molar-refractivity contribution in [2.24, 2.45) is 0 Å². The average Bonchev–Trinajstić information content (AvgIpc) is 2.60. The molecule has 0 unspecified atom stereocenters. The smallest absolute Gasteiger partial charge is 0.338 e. The number of hydrogen-bond donors (Lipinski definition) is 0. The molecule has 0 spiro atoms. The molecule has 0 bridgehead atoms. The molecule has 0 fully saturated rings. The van der Waals surface area contributed by atoms with Gasteiger partial charge in [-0.2, -0.15) is 0 Å². The van der Waals surface area contributed by atoms with Gasteiger partial charge < -0.3 is 4.74 Å². The van der Waals surface area contributed by atoms with Gasteiger partial charge in [-0.1, -0.05) is 70.5 Å². The molecule has 0 aliphatic heterocycles. The van der Waals surface area contributed by atoms with Crippen LogP contribution in [0, 0.1) is 0 Å².